The summed E-state index contributed by atoms with van der Waals surface area (Å²) in [6, 6.07) is 0. The largest absolute Gasteiger partial charge is 0.472 e. The molecule has 92 heavy (non-hydrogen) atoms. The molecule has 6 atom stereocenters. The van der Waals surface area contributed by atoms with Gasteiger partial charge >= 0.3 is 39.5 Å². The van der Waals surface area contributed by atoms with Crippen LogP contribution in [0, 0.1) is 23.7 Å². The maximum Gasteiger partial charge on any atom is 0.472 e. The topological polar surface area (TPSA) is 237 Å². The summed E-state index contributed by atoms with van der Waals surface area (Å²) >= 11 is 0. The number of esters is 4. The van der Waals surface area contributed by atoms with E-state index in [1.807, 2.05) is 0 Å². The van der Waals surface area contributed by atoms with Crippen molar-refractivity contribution in [3.05, 3.63) is 0 Å². The van der Waals surface area contributed by atoms with Crippen molar-refractivity contribution in [3.63, 3.8) is 0 Å². The van der Waals surface area contributed by atoms with Crippen molar-refractivity contribution in [2.24, 2.45) is 23.7 Å². The molecular weight excluding hydrogens is 1210 g/mol. The first kappa shape index (κ1) is 90.1. The Kier molecular flexibility index (Phi) is 61.3. The van der Waals surface area contributed by atoms with Crippen molar-refractivity contribution >= 4 is 39.5 Å². The fourth-order valence-corrected chi connectivity index (χ4v) is 12.6. The molecule has 0 aliphatic rings. The second-order valence-electron chi connectivity index (χ2n) is 28.0. The third kappa shape index (κ3) is 65.4. The molecule has 546 valence electrons. The minimum Gasteiger partial charge on any atom is -0.462 e. The molecule has 0 aromatic heterocycles. The number of rotatable bonds is 70. The molecule has 0 aliphatic heterocycles. The van der Waals surface area contributed by atoms with Crippen LogP contribution in [0.4, 0.5) is 0 Å². The minimum atomic E-state index is -4.96. The lowest BCUT2D eigenvalue weighted by atomic mass is 10.00. The van der Waals surface area contributed by atoms with Gasteiger partial charge in [0.25, 0.3) is 0 Å². The fraction of sp³-hybridized carbons (Fsp3) is 0.945. The zero-order valence-electron chi connectivity index (χ0n) is 60.2. The molecule has 0 rings (SSSR count). The number of hydrogen-bond donors (Lipinski definition) is 3. The highest BCUT2D eigenvalue weighted by molar-refractivity contribution is 7.47. The van der Waals surface area contributed by atoms with Gasteiger partial charge in [0.15, 0.2) is 12.2 Å². The highest BCUT2D eigenvalue weighted by atomic mass is 31.2. The highest BCUT2D eigenvalue weighted by Crippen LogP contribution is 2.45. The number of phosphoric acid groups is 2. The smallest absolute Gasteiger partial charge is 0.462 e. The summed E-state index contributed by atoms with van der Waals surface area (Å²) in [6.45, 7) is 14.1. The lowest BCUT2D eigenvalue weighted by Crippen LogP contribution is -2.30. The third-order valence-electron chi connectivity index (χ3n) is 17.2. The zero-order valence-corrected chi connectivity index (χ0v) is 62.0. The van der Waals surface area contributed by atoms with Crippen LogP contribution in [0.3, 0.4) is 0 Å². The van der Waals surface area contributed by atoms with E-state index >= 15 is 0 Å². The van der Waals surface area contributed by atoms with E-state index in [-0.39, 0.29) is 25.7 Å². The summed E-state index contributed by atoms with van der Waals surface area (Å²) in [5, 5.41) is 10.6. The maximum absolute atomic E-state index is 13.1. The molecule has 0 aromatic carbocycles. The van der Waals surface area contributed by atoms with Crippen LogP contribution in [-0.2, 0) is 65.4 Å². The Morgan fingerprint density at radius 3 is 0.772 bits per heavy atom. The average Bonchev–Trinajstić information content (AvgIpc) is 2.82. The monoisotopic (exact) mass is 1350 g/mol. The van der Waals surface area contributed by atoms with E-state index < -0.39 is 97.5 Å². The van der Waals surface area contributed by atoms with Gasteiger partial charge in [0.05, 0.1) is 26.4 Å². The average molecular weight is 1350 g/mol. The molecule has 0 heterocycles. The van der Waals surface area contributed by atoms with E-state index in [1.165, 1.54) is 161 Å². The van der Waals surface area contributed by atoms with Gasteiger partial charge in [-0.3, -0.25) is 37.3 Å². The Bertz CT molecular complexity index is 1820. The quantitative estimate of drug-likeness (QED) is 0.0222. The molecule has 3 unspecified atom stereocenters. The van der Waals surface area contributed by atoms with Gasteiger partial charge in [-0.15, -0.1) is 0 Å². The first-order chi connectivity index (χ1) is 44.1. The number of unbranched alkanes of at least 4 members (excludes halogenated alkanes) is 35. The van der Waals surface area contributed by atoms with Gasteiger partial charge in [0.2, 0.25) is 0 Å². The predicted molar refractivity (Wildman–Crippen MR) is 372 cm³/mol. The number of carbonyl (C=O) groups is 4. The third-order valence-corrected chi connectivity index (χ3v) is 19.1. The van der Waals surface area contributed by atoms with Crippen LogP contribution in [0.1, 0.15) is 364 Å². The van der Waals surface area contributed by atoms with E-state index in [0.29, 0.717) is 25.7 Å². The fourth-order valence-electron chi connectivity index (χ4n) is 11.0. The predicted octanol–water partition coefficient (Wildman–Crippen LogP) is 20.9. The number of carbonyl (C=O) groups excluding carboxylic acids is 4. The van der Waals surface area contributed by atoms with Crippen LogP contribution in [0.5, 0.6) is 0 Å². The molecule has 3 N–H and O–H groups in total. The van der Waals surface area contributed by atoms with Crippen molar-refractivity contribution in [2.75, 3.05) is 39.6 Å². The molecule has 0 saturated carbocycles. The van der Waals surface area contributed by atoms with Gasteiger partial charge < -0.3 is 33.8 Å². The Hall–Kier alpha value is -1.94. The summed E-state index contributed by atoms with van der Waals surface area (Å²) in [5.41, 5.74) is 0. The lowest BCUT2D eigenvalue weighted by molar-refractivity contribution is -0.161. The summed E-state index contributed by atoms with van der Waals surface area (Å²) < 4.78 is 68.4. The van der Waals surface area contributed by atoms with Crippen molar-refractivity contribution in [1.29, 1.82) is 0 Å². The summed E-state index contributed by atoms with van der Waals surface area (Å²) in [6.07, 6.45) is 45.8. The first-order valence-electron chi connectivity index (χ1n) is 37.7. The van der Waals surface area contributed by atoms with Crippen LogP contribution in [0.2, 0.25) is 0 Å². The van der Waals surface area contributed by atoms with Gasteiger partial charge in [-0.1, -0.05) is 312 Å². The normalized spacial score (nSPS) is 14.5. The van der Waals surface area contributed by atoms with Gasteiger partial charge in [-0.25, -0.2) is 9.13 Å². The Balaban J connectivity index is 5.25. The van der Waals surface area contributed by atoms with Crippen LogP contribution in [0.15, 0.2) is 0 Å². The second kappa shape index (κ2) is 62.6. The van der Waals surface area contributed by atoms with Crippen LogP contribution >= 0.6 is 15.6 Å². The summed E-state index contributed by atoms with van der Waals surface area (Å²) in [4.78, 5) is 72.7. The van der Waals surface area contributed by atoms with Gasteiger partial charge in [-0.2, -0.15) is 0 Å². The summed E-state index contributed by atoms with van der Waals surface area (Å²) in [5.74, 6) is 0.900. The molecular formula is C73H142O17P2. The molecule has 0 radical (unpaired) electrons. The number of aliphatic hydroxyl groups excluding tert-OH is 1. The van der Waals surface area contributed by atoms with Gasteiger partial charge in [-0.05, 0) is 49.4 Å². The Labute approximate surface area is 562 Å². The lowest BCUT2D eigenvalue weighted by Gasteiger charge is -2.21. The molecule has 0 aromatic rings. The molecule has 0 spiro atoms. The number of hydrogen-bond acceptors (Lipinski definition) is 15. The molecule has 0 aliphatic carbocycles. The molecule has 0 bridgehead atoms. The molecule has 17 nitrogen and oxygen atoms in total. The number of phosphoric ester groups is 2. The van der Waals surface area contributed by atoms with E-state index in [2.05, 4.69) is 55.4 Å². The standard InChI is InChI=1S/C73H142O17P2/c1-9-66(8)52-44-36-31-32-38-46-54-71(76)84-60-69(90-73(78)56-48-40-30-24-18-16-21-27-35-43-51-65(6)7)62-88-92(81,82)86-58-67(74)57-85-91(79,80)87-61-68(89-72(77)55-47-39-29-23-17-15-20-26-34-42-50-64(4)5)59-83-70(75)53-45-37-28-22-14-12-10-11-13-19-25-33-41-49-63(2)3/h63-69,74H,9-62H2,1-8H3,(H,79,80)(H,81,82)/t66?,67-,68-,69-/m1/s1. The van der Waals surface area contributed by atoms with Crippen molar-refractivity contribution < 1.29 is 80.2 Å². The van der Waals surface area contributed by atoms with E-state index in [0.717, 1.165) is 120 Å². The Morgan fingerprint density at radius 1 is 0.304 bits per heavy atom. The minimum absolute atomic E-state index is 0.105. The zero-order chi connectivity index (χ0) is 68.2. The first-order valence-corrected chi connectivity index (χ1v) is 40.7. The summed E-state index contributed by atoms with van der Waals surface area (Å²) in [7, 11) is -9.91. The van der Waals surface area contributed by atoms with Crippen LogP contribution in [0.25, 0.3) is 0 Å². The molecule has 0 saturated heterocycles. The van der Waals surface area contributed by atoms with Crippen LogP contribution < -0.4 is 0 Å². The SMILES string of the molecule is CCC(C)CCCCCCCCC(=O)OC[C@H](COP(=O)(O)OC[C@H](O)COP(=O)(O)OC[C@@H](COC(=O)CCCCCCCCCCCCCCCC(C)C)OC(=O)CCCCCCCCCCCCC(C)C)OC(=O)CCCCCCCCCCCCC(C)C. The molecule has 0 fully saturated rings. The second-order valence-corrected chi connectivity index (χ2v) is 30.9. The van der Waals surface area contributed by atoms with Crippen LogP contribution in [-0.4, -0.2) is 96.7 Å². The Morgan fingerprint density at radius 2 is 0.522 bits per heavy atom. The number of aliphatic hydroxyl groups is 1. The van der Waals surface area contributed by atoms with Gasteiger partial charge in [0, 0.05) is 25.7 Å². The van der Waals surface area contributed by atoms with Crippen molar-refractivity contribution in [3.8, 4) is 0 Å². The van der Waals surface area contributed by atoms with E-state index in [1.54, 1.807) is 0 Å². The maximum atomic E-state index is 13.1. The highest BCUT2D eigenvalue weighted by Gasteiger charge is 2.30. The molecule has 0 amide bonds. The number of ether oxygens (including phenoxy) is 4. The van der Waals surface area contributed by atoms with Gasteiger partial charge in [0.1, 0.15) is 19.3 Å². The molecule has 19 heteroatoms. The van der Waals surface area contributed by atoms with Crippen molar-refractivity contribution in [1.82, 2.24) is 0 Å². The van der Waals surface area contributed by atoms with E-state index in [4.69, 9.17) is 37.0 Å². The van der Waals surface area contributed by atoms with Crippen molar-refractivity contribution in [2.45, 2.75) is 382 Å². The van der Waals surface area contributed by atoms with E-state index in [9.17, 15) is 43.2 Å².